The maximum Gasteiger partial charge on any atom is 0.331 e. The van der Waals surface area contributed by atoms with Crippen molar-refractivity contribution in [1.29, 1.82) is 0 Å². The van der Waals surface area contributed by atoms with E-state index in [0.717, 1.165) is 5.56 Å². The molecule has 6 nitrogen and oxygen atoms in total. The van der Waals surface area contributed by atoms with Gasteiger partial charge in [0.2, 0.25) is 0 Å². The van der Waals surface area contributed by atoms with Crippen molar-refractivity contribution in [2.45, 2.75) is 32.2 Å². The normalized spacial score (nSPS) is 11.6. The summed E-state index contributed by atoms with van der Waals surface area (Å²) in [6, 6.07) is 6.97. The Kier molecular flexibility index (Phi) is 4.04. The smallest absolute Gasteiger partial charge is 0.331 e. The maximum atomic E-state index is 11.7. The second kappa shape index (κ2) is 5.58. The molecule has 7 heteroatoms. The Hall–Kier alpha value is -1.95. The van der Waals surface area contributed by atoms with E-state index in [1.807, 2.05) is 13.8 Å². The molecule has 20 heavy (non-hydrogen) atoms. The number of hydrogen-bond donors (Lipinski definition) is 1. The van der Waals surface area contributed by atoms with E-state index in [9.17, 15) is 9.90 Å². The summed E-state index contributed by atoms with van der Waals surface area (Å²) < 4.78 is 1.39. The predicted molar refractivity (Wildman–Crippen MR) is 74.5 cm³/mol. The minimum absolute atomic E-state index is 0.393. The molecule has 0 aliphatic carbocycles. The van der Waals surface area contributed by atoms with E-state index in [-0.39, 0.29) is 0 Å². The second-order valence-corrected chi connectivity index (χ2v) is 4.90. The average molecular weight is 295 g/mol. The molecule has 0 bridgehead atoms. The molecule has 0 saturated heterocycles. The van der Waals surface area contributed by atoms with Crippen LogP contribution in [0.2, 0.25) is 5.02 Å². The fourth-order valence-electron chi connectivity index (χ4n) is 2.20. The molecular formula is C13H15ClN4O2. The number of halogens is 1. The molecule has 0 aliphatic rings. The molecule has 1 N–H and O–H groups in total. The van der Waals surface area contributed by atoms with Crippen molar-refractivity contribution in [3.63, 3.8) is 0 Å². The van der Waals surface area contributed by atoms with Crippen LogP contribution in [-0.2, 0) is 10.3 Å². The van der Waals surface area contributed by atoms with Gasteiger partial charge in [0.15, 0.2) is 11.4 Å². The average Bonchev–Trinajstić information content (AvgIpc) is 2.91. The number of carboxylic acids is 1. The van der Waals surface area contributed by atoms with Crippen molar-refractivity contribution >= 4 is 17.6 Å². The summed E-state index contributed by atoms with van der Waals surface area (Å²) in [5.41, 5.74) is -0.412. The van der Waals surface area contributed by atoms with Gasteiger partial charge in [-0.15, -0.1) is 5.10 Å². The highest BCUT2D eigenvalue weighted by Crippen LogP contribution is 2.29. The van der Waals surface area contributed by atoms with Gasteiger partial charge in [-0.1, -0.05) is 25.4 Å². The lowest BCUT2D eigenvalue weighted by Crippen LogP contribution is -2.42. The van der Waals surface area contributed by atoms with Crippen LogP contribution >= 0.6 is 11.6 Å². The van der Waals surface area contributed by atoms with Gasteiger partial charge < -0.3 is 5.11 Å². The van der Waals surface area contributed by atoms with E-state index in [1.54, 1.807) is 24.3 Å². The topological polar surface area (TPSA) is 80.9 Å². The molecule has 0 radical (unpaired) electrons. The third-order valence-electron chi connectivity index (χ3n) is 3.55. The molecule has 0 atom stereocenters. The molecular weight excluding hydrogens is 280 g/mol. The minimum atomic E-state index is -1.14. The standard InChI is InChI=1S/C13H15ClN4O2/c1-3-13(4-2,12(19)20)18-11(15-16-17-18)9-5-7-10(14)8-6-9/h5-8H,3-4H2,1-2H3,(H,19,20). The first-order chi connectivity index (χ1) is 9.55. The summed E-state index contributed by atoms with van der Waals surface area (Å²) in [6.45, 7) is 3.62. The number of aliphatic carboxylic acids is 1. The zero-order chi connectivity index (χ0) is 14.8. The number of nitrogens with zero attached hydrogens (tertiary/aromatic N) is 4. The quantitative estimate of drug-likeness (QED) is 0.916. The number of carbonyl (C=O) groups is 1. The highest BCUT2D eigenvalue weighted by molar-refractivity contribution is 6.30. The number of tetrazole rings is 1. The second-order valence-electron chi connectivity index (χ2n) is 4.47. The van der Waals surface area contributed by atoms with Gasteiger partial charge in [-0.25, -0.2) is 9.48 Å². The Labute approximate surface area is 121 Å². The molecule has 0 unspecified atom stereocenters. The van der Waals surface area contributed by atoms with Crippen LogP contribution in [-0.4, -0.2) is 31.3 Å². The Balaban J connectivity index is 2.57. The molecule has 1 heterocycles. The molecule has 0 amide bonds. The fourth-order valence-corrected chi connectivity index (χ4v) is 2.32. The zero-order valence-electron chi connectivity index (χ0n) is 11.2. The van der Waals surface area contributed by atoms with Crippen LogP contribution in [0, 0.1) is 0 Å². The lowest BCUT2D eigenvalue weighted by atomic mass is 9.92. The van der Waals surface area contributed by atoms with Crippen LogP contribution in [0.5, 0.6) is 0 Å². The van der Waals surface area contributed by atoms with E-state index in [0.29, 0.717) is 23.7 Å². The van der Waals surface area contributed by atoms with E-state index >= 15 is 0 Å². The Morgan fingerprint density at radius 3 is 2.40 bits per heavy atom. The lowest BCUT2D eigenvalue weighted by Gasteiger charge is -2.27. The van der Waals surface area contributed by atoms with Crippen LogP contribution in [0.4, 0.5) is 0 Å². The van der Waals surface area contributed by atoms with Crippen molar-refractivity contribution in [3.8, 4) is 11.4 Å². The fraction of sp³-hybridized carbons (Fsp3) is 0.385. The van der Waals surface area contributed by atoms with Crippen molar-refractivity contribution in [2.24, 2.45) is 0 Å². The van der Waals surface area contributed by atoms with Gasteiger partial charge in [0.25, 0.3) is 0 Å². The molecule has 2 rings (SSSR count). The van der Waals surface area contributed by atoms with Gasteiger partial charge in [-0.2, -0.15) is 0 Å². The number of carboxylic acid groups (broad SMARTS) is 1. The summed E-state index contributed by atoms with van der Waals surface area (Å²) in [7, 11) is 0. The first-order valence-electron chi connectivity index (χ1n) is 6.33. The van der Waals surface area contributed by atoms with E-state index in [4.69, 9.17) is 11.6 Å². The first kappa shape index (κ1) is 14.5. The van der Waals surface area contributed by atoms with Crippen LogP contribution in [0.1, 0.15) is 26.7 Å². The Morgan fingerprint density at radius 2 is 1.90 bits per heavy atom. The van der Waals surface area contributed by atoms with E-state index in [1.165, 1.54) is 4.68 Å². The van der Waals surface area contributed by atoms with E-state index in [2.05, 4.69) is 15.5 Å². The SMILES string of the molecule is CCC(CC)(C(=O)O)n1nnnc1-c1ccc(Cl)cc1. The van der Waals surface area contributed by atoms with Crippen molar-refractivity contribution < 1.29 is 9.90 Å². The summed E-state index contributed by atoms with van der Waals surface area (Å²) in [6.07, 6.45) is 0.787. The number of hydrogen-bond acceptors (Lipinski definition) is 4. The van der Waals surface area contributed by atoms with Crippen molar-refractivity contribution in [1.82, 2.24) is 20.2 Å². The summed E-state index contributed by atoms with van der Waals surface area (Å²) in [4.78, 5) is 11.7. The van der Waals surface area contributed by atoms with Crippen molar-refractivity contribution in [2.75, 3.05) is 0 Å². The van der Waals surface area contributed by atoms with E-state index < -0.39 is 11.5 Å². The molecule has 0 fully saturated rings. The first-order valence-corrected chi connectivity index (χ1v) is 6.71. The van der Waals surface area contributed by atoms with Gasteiger partial charge in [-0.05, 0) is 47.5 Å². The number of rotatable bonds is 5. The van der Waals surface area contributed by atoms with Crippen LogP contribution in [0.15, 0.2) is 24.3 Å². The summed E-state index contributed by atoms with van der Waals surface area (Å²) in [5, 5.41) is 21.7. The molecule has 1 aromatic carbocycles. The minimum Gasteiger partial charge on any atom is -0.479 e. The molecule has 106 valence electrons. The zero-order valence-corrected chi connectivity index (χ0v) is 12.0. The lowest BCUT2D eigenvalue weighted by molar-refractivity contribution is -0.148. The maximum absolute atomic E-state index is 11.7. The predicted octanol–water partition coefficient (Wildman–Crippen LogP) is 2.59. The van der Waals surface area contributed by atoms with Gasteiger partial charge in [0.05, 0.1) is 0 Å². The third kappa shape index (κ3) is 2.27. The molecule has 1 aromatic heterocycles. The van der Waals surface area contributed by atoms with Crippen LogP contribution in [0.3, 0.4) is 0 Å². The molecule has 2 aromatic rings. The highest BCUT2D eigenvalue weighted by atomic mass is 35.5. The summed E-state index contributed by atoms with van der Waals surface area (Å²) >= 11 is 5.86. The molecule has 0 aliphatic heterocycles. The Bertz CT molecular complexity index is 605. The summed E-state index contributed by atoms with van der Waals surface area (Å²) in [5.74, 6) is -0.516. The number of aromatic nitrogens is 4. The third-order valence-corrected chi connectivity index (χ3v) is 3.80. The molecule has 0 saturated carbocycles. The Morgan fingerprint density at radius 1 is 1.30 bits per heavy atom. The van der Waals surface area contributed by atoms with Crippen LogP contribution < -0.4 is 0 Å². The van der Waals surface area contributed by atoms with Crippen molar-refractivity contribution in [3.05, 3.63) is 29.3 Å². The van der Waals surface area contributed by atoms with Gasteiger partial charge in [-0.3, -0.25) is 0 Å². The van der Waals surface area contributed by atoms with Gasteiger partial charge in [0, 0.05) is 10.6 Å². The largest absolute Gasteiger partial charge is 0.479 e. The monoisotopic (exact) mass is 294 g/mol. The molecule has 0 spiro atoms. The van der Waals surface area contributed by atoms with Gasteiger partial charge in [0.1, 0.15) is 0 Å². The number of benzene rings is 1. The van der Waals surface area contributed by atoms with Gasteiger partial charge >= 0.3 is 5.97 Å². The van der Waals surface area contributed by atoms with Crippen LogP contribution in [0.25, 0.3) is 11.4 Å². The highest BCUT2D eigenvalue weighted by Gasteiger charge is 2.40.